The Balaban J connectivity index is 1.60. The van der Waals surface area contributed by atoms with Crippen LogP contribution in [0.1, 0.15) is 57.8 Å². The lowest BCUT2D eigenvalue weighted by Gasteiger charge is -2.25. The van der Waals surface area contributed by atoms with Gasteiger partial charge in [-0.1, -0.05) is 37.6 Å². The highest BCUT2D eigenvalue weighted by molar-refractivity contribution is 6.10. The fourth-order valence-corrected chi connectivity index (χ4v) is 4.31. The average Bonchev–Trinajstić information content (AvgIpc) is 3.17. The number of carbonyl (C=O) groups excluding carboxylic acids is 2. The first kappa shape index (κ1) is 22.4. The molecule has 5 rings (SSSR count). The van der Waals surface area contributed by atoms with Crippen molar-refractivity contribution in [1.29, 1.82) is 0 Å². The average molecular weight is 469 g/mol. The summed E-state index contributed by atoms with van der Waals surface area (Å²) in [5, 5.41) is 10.2. The first-order valence-corrected chi connectivity index (χ1v) is 11.4. The second-order valence-electron chi connectivity index (χ2n) is 8.38. The number of amides is 1. The van der Waals surface area contributed by atoms with Gasteiger partial charge in [0.15, 0.2) is 5.43 Å². The number of ether oxygens (including phenoxy) is 1. The topological polar surface area (TPSA) is 97.0 Å². The van der Waals surface area contributed by atoms with E-state index >= 15 is 0 Å². The molecule has 176 valence electrons. The Bertz CT molecular complexity index is 1470. The van der Waals surface area contributed by atoms with E-state index < -0.39 is 17.9 Å². The van der Waals surface area contributed by atoms with Crippen LogP contribution in [0.15, 0.2) is 82.0 Å². The summed E-state index contributed by atoms with van der Waals surface area (Å²) in [6.45, 7) is 2.36. The van der Waals surface area contributed by atoms with Crippen molar-refractivity contribution in [3.63, 3.8) is 0 Å². The highest BCUT2D eigenvalue weighted by atomic mass is 16.5. The van der Waals surface area contributed by atoms with Crippen LogP contribution in [-0.4, -0.2) is 23.6 Å². The fourth-order valence-electron chi connectivity index (χ4n) is 4.31. The van der Waals surface area contributed by atoms with Crippen LogP contribution < -0.4 is 10.3 Å². The molecule has 2 heterocycles. The standard InChI is InChI=1S/C28H23NO6/c1-2-3-16-34-28(33)18-8-12-19(13-9-18)29-24(17-10-14-20(30)15-11-17)23-25(31)21-6-4-5-7-22(21)35-26(23)27(29)32/h4-15,24,30H,2-3,16H2,1H3. The lowest BCUT2D eigenvalue weighted by atomic mass is 9.98. The minimum absolute atomic E-state index is 0.0187. The number of benzene rings is 3. The van der Waals surface area contributed by atoms with Crippen molar-refractivity contribution in [2.24, 2.45) is 0 Å². The molecular formula is C28H23NO6. The van der Waals surface area contributed by atoms with E-state index in [4.69, 9.17) is 9.15 Å². The summed E-state index contributed by atoms with van der Waals surface area (Å²) < 4.78 is 11.2. The van der Waals surface area contributed by atoms with E-state index in [1.807, 2.05) is 6.92 Å². The van der Waals surface area contributed by atoms with Crippen LogP contribution in [0.3, 0.4) is 0 Å². The van der Waals surface area contributed by atoms with Crippen molar-refractivity contribution in [1.82, 2.24) is 0 Å². The highest BCUT2D eigenvalue weighted by Crippen LogP contribution is 2.41. The van der Waals surface area contributed by atoms with E-state index in [1.54, 1.807) is 60.7 Å². The van der Waals surface area contributed by atoms with E-state index in [-0.39, 0.29) is 22.5 Å². The zero-order valence-electron chi connectivity index (χ0n) is 19.1. The molecular weight excluding hydrogens is 446 g/mol. The minimum atomic E-state index is -0.763. The highest BCUT2D eigenvalue weighted by Gasteiger charge is 2.43. The lowest BCUT2D eigenvalue weighted by molar-refractivity contribution is 0.0499. The van der Waals surface area contributed by atoms with Crippen LogP contribution in [-0.2, 0) is 4.74 Å². The Morgan fingerprint density at radius 1 is 1.00 bits per heavy atom. The summed E-state index contributed by atoms with van der Waals surface area (Å²) >= 11 is 0. The van der Waals surface area contributed by atoms with Crippen LogP contribution in [0, 0.1) is 0 Å². The summed E-state index contributed by atoms with van der Waals surface area (Å²) in [5.74, 6) is -0.838. The lowest BCUT2D eigenvalue weighted by Crippen LogP contribution is -2.29. The van der Waals surface area contributed by atoms with E-state index in [2.05, 4.69) is 0 Å². The number of rotatable bonds is 6. The predicted molar refractivity (Wildman–Crippen MR) is 131 cm³/mol. The van der Waals surface area contributed by atoms with Crippen molar-refractivity contribution >= 4 is 28.5 Å². The van der Waals surface area contributed by atoms with Gasteiger partial charge in [-0.2, -0.15) is 0 Å². The van der Waals surface area contributed by atoms with Gasteiger partial charge in [0.05, 0.1) is 29.2 Å². The first-order chi connectivity index (χ1) is 17.0. The van der Waals surface area contributed by atoms with Gasteiger partial charge in [-0.15, -0.1) is 0 Å². The fraction of sp³-hybridized carbons (Fsp3) is 0.179. The van der Waals surface area contributed by atoms with Gasteiger partial charge in [0, 0.05) is 5.69 Å². The normalized spacial score (nSPS) is 14.8. The number of unbranched alkanes of at least 4 members (excludes halogenated alkanes) is 1. The third kappa shape index (κ3) is 3.95. The van der Waals surface area contributed by atoms with Gasteiger partial charge in [-0.3, -0.25) is 14.5 Å². The Morgan fingerprint density at radius 3 is 2.43 bits per heavy atom. The molecule has 3 aromatic carbocycles. The number of para-hydroxylation sites is 1. The molecule has 1 aliphatic rings. The third-order valence-corrected chi connectivity index (χ3v) is 6.10. The van der Waals surface area contributed by atoms with Gasteiger partial charge in [0.25, 0.3) is 5.91 Å². The van der Waals surface area contributed by atoms with E-state index in [9.17, 15) is 19.5 Å². The van der Waals surface area contributed by atoms with Gasteiger partial charge >= 0.3 is 5.97 Å². The van der Waals surface area contributed by atoms with Gasteiger partial charge in [0.1, 0.15) is 11.3 Å². The van der Waals surface area contributed by atoms with Gasteiger partial charge in [0.2, 0.25) is 5.76 Å². The number of nitrogens with zero attached hydrogens (tertiary/aromatic N) is 1. The van der Waals surface area contributed by atoms with Crippen LogP contribution in [0.25, 0.3) is 11.0 Å². The molecule has 1 atom stereocenters. The van der Waals surface area contributed by atoms with Crippen molar-refractivity contribution in [2.75, 3.05) is 11.5 Å². The number of anilines is 1. The molecule has 0 bridgehead atoms. The first-order valence-electron chi connectivity index (χ1n) is 11.4. The Hall–Kier alpha value is -4.39. The molecule has 7 nitrogen and oxygen atoms in total. The van der Waals surface area contributed by atoms with Crippen LogP contribution in [0.5, 0.6) is 5.75 Å². The van der Waals surface area contributed by atoms with Crippen LogP contribution in [0.2, 0.25) is 0 Å². The molecule has 0 saturated heterocycles. The SMILES string of the molecule is CCCCOC(=O)c1ccc(N2C(=O)c3oc4ccccc4c(=O)c3C2c2ccc(O)cc2)cc1. The number of phenolic OH excluding ortho intramolecular Hbond substituents is 1. The zero-order chi connectivity index (χ0) is 24.5. The summed E-state index contributed by atoms with van der Waals surface area (Å²) in [7, 11) is 0. The molecule has 1 unspecified atom stereocenters. The number of esters is 1. The Labute approximate surface area is 201 Å². The summed E-state index contributed by atoms with van der Waals surface area (Å²) in [6, 6.07) is 18.9. The predicted octanol–water partition coefficient (Wildman–Crippen LogP) is 5.21. The quantitative estimate of drug-likeness (QED) is 0.308. The molecule has 1 aliphatic heterocycles. The number of carbonyl (C=O) groups is 2. The molecule has 4 aromatic rings. The molecule has 1 aromatic heterocycles. The van der Waals surface area contributed by atoms with Crippen molar-refractivity contribution < 1.29 is 23.8 Å². The second kappa shape index (κ2) is 9.10. The summed E-state index contributed by atoms with van der Waals surface area (Å²) in [4.78, 5) is 40.9. The minimum Gasteiger partial charge on any atom is -0.508 e. The monoisotopic (exact) mass is 469 g/mol. The number of hydrogen-bond donors (Lipinski definition) is 1. The molecule has 0 aliphatic carbocycles. The Morgan fingerprint density at radius 2 is 1.71 bits per heavy atom. The zero-order valence-corrected chi connectivity index (χ0v) is 19.1. The number of aromatic hydroxyl groups is 1. The van der Waals surface area contributed by atoms with E-state index in [0.717, 1.165) is 12.8 Å². The number of hydrogen-bond acceptors (Lipinski definition) is 6. The summed E-state index contributed by atoms with van der Waals surface area (Å²) in [5.41, 5.74) is 1.79. The van der Waals surface area contributed by atoms with Crippen molar-refractivity contribution in [3.05, 3.63) is 105 Å². The molecule has 1 N–H and O–H groups in total. The van der Waals surface area contributed by atoms with Crippen molar-refractivity contribution in [2.45, 2.75) is 25.8 Å². The summed E-state index contributed by atoms with van der Waals surface area (Å²) in [6.07, 6.45) is 1.71. The third-order valence-electron chi connectivity index (χ3n) is 6.10. The molecule has 35 heavy (non-hydrogen) atoms. The molecule has 0 spiro atoms. The molecule has 1 amide bonds. The molecule has 7 heteroatoms. The van der Waals surface area contributed by atoms with Crippen LogP contribution >= 0.6 is 0 Å². The van der Waals surface area contributed by atoms with Crippen molar-refractivity contribution in [3.8, 4) is 5.75 Å². The van der Waals surface area contributed by atoms with Gasteiger partial charge in [-0.05, 0) is 60.5 Å². The molecule has 0 radical (unpaired) electrons. The maximum atomic E-state index is 13.6. The van der Waals surface area contributed by atoms with E-state index in [1.165, 1.54) is 17.0 Å². The van der Waals surface area contributed by atoms with Gasteiger partial charge < -0.3 is 14.3 Å². The van der Waals surface area contributed by atoms with E-state index in [0.29, 0.717) is 34.4 Å². The maximum absolute atomic E-state index is 13.6. The smallest absolute Gasteiger partial charge is 0.338 e. The number of phenols is 1. The second-order valence-corrected chi connectivity index (χ2v) is 8.38. The largest absolute Gasteiger partial charge is 0.508 e. The molecule has 0 fully saturated rings. The Kier molecular flexibility index (Phi) is 5.82. The maximum Gasteiger partial charge on any atom is 0.338 e. The molecule has 0 saturated carbocycles. The number of fused-ring (bicyclic) bond motifs is 2. The van der Waals surface area contributed by atoms with Crippen LogP contribution in [0.4, 0.5) is 5.69 Å². The van der Waals surface area contributed by atoms with Gasteiger partial charge in [-0.25, -0.2) is 4.79 Å².